The van der Waals surface area contributed by atoms with Crippen LogP contribution in [0.2, 0.25) is 0 Å². The fourth-order valence-corrected chi connectivity index (χ4v) is 4.74. The molecule has 0 spiro atoms. The molecule has 1 N–H and O–H groups in total. The van der Waals surface area contributed by atoms with Crippen LogP contribution in [-0.2, 0) is 9.47 Å². The highest BCUT2D eigenvalue weighted by molar-refractivity contribution is 7.18. The fraction of sp³-hybridized carbons (Fsp3) is 0.217. The molecule has 0 bridgehead atoms. The van der Waals surface area contributed by atoms with Gasteiger partial charge in [-0.1, -0.05) is 0 Å². The highest BCUT2D eigenvalue weighted by Crippen LogP contribution is 2.35. The lowest BCUT2D eigenvalue weighted by molar-refractivity contribution is 0.0527. The van der Waals surface area contributed by atoms with Crippen molar-refractivity contribution in [3.8, 4) is 17.3 Å². The van der Waals surface area contributed by atoms with Crippen molar-refractivity contribution >= 4 is 45.2 Å². The first-order chi connectivity index (χ1) is 15.9. The maximum atomic E-state index is 13.2. The summed E-state index contributed by atoms with van der Waals surface area (Å²) in [5.41, 5.74) is 2.22. The SMILES string of the molecule is CCOC(=O)c1sc(N/C=C(\C#N)c2nc(-c3ccc(F)cc3)cs2)c(C(=O)OCC)c1C. The molecule has 2 aromatic heterocycles. The molecule has 3 rings (SSSR count). The second-order valence-corrected chi connectivity index (χ2v) is 8.44. The molecule has 0 radical (unpaired) electrons. The lowest BCUT2D eigenvalue weighted by Gasteiger charge is -2.05. The van der Waals surface area contributed by atoms with E-state index in [2.05, 4.69) is 16.4 Å². The molecule has 0 aliphatic rings. The first-order valence-corrected chi connectivity index (χ1v) is 11.6. The van der Waals surface area contributed by atoms with Crippen molar-refractivity contribution in [1.82, 2.24) is 4.98 Å². The summed E-state index contributed by atoms with van der Waals surface area (Å²) in [4.78, 5) is 29.6. The van der Waals surface area contributed by atoms with Crippen molar-refractivity contribution < 1.29 is 23.5 Å². The van der Waals surface area contributed by atoms with Gasteiger partial charge in [0.25, 0.3) is 0 Å². The molecule has 0 unspecified atom stereocenters. The number of halogens is 1. The predicted octanol–water partition coefficient (Wildman–Crippen LogP) is 5.65. The van der Waals surface area contributed by atoms with E-state index in [-0.39, 0.29) is 35.0 Å². The molecular weight excluding hydrogens is 465 g/mol. The van der Waals surface area contributed by atoms with Gasteiger partial charge in [0.2, 0.25) is 0 Å². The Kier molecular flexibility index (Phi) is 7.92. The second kappa shape index (κ2) is 10.8. The van der Waals surface area contributed by atoms with E-state index < -0.39 is 11.9 Å². The minimum Gasteiger partial charge on any atom is -0.462 e. The van der Waals surface area contributed by atoms with Crippen molar-refractivity contribution in [2.24, 2.45) is 0 Å². The van der Waals surface area contributed by atoms with Crippen LogP contribution in [-0.4, -0.2) is 30.1 Å². The molecule has 7 nitrogen and oxygen atoms in total. The maximum absolute atomic E-state index is 13.2. The van der Waals surface area contributed by atoms with E-state index in [0.717, 1.165) is 16.9 Å². The standard InChI is InChI=1S/C23H20FN3O4S2/c1-4-30-22(28)18-13(3)19(23(29)31-5-2)33-21(18)26-11-15(10-25)20-27-17(12-32-20)14-6-8-16(24)9-7-14/h6-9,11-12,26H,4-5H2,1-3H3/b15-11+. The molecule has 1 aromatic carbocycles. The molecular formula is C23H20FN3O4S2. The largest absolute Gasteiger partial charge is 0.462 e. The van der Waals surface area contributed by atoms with Gasteiger partial charge in [0.15, 0.2) is 0 Å². The summed E-state index contributed by atoms with van der Waals surface area (Å²) in [5, 5.41) is 15.2. The minimum absolute atomic E-state index is 0.173. The molecule has 0 aliphatic heterocycles. The van der Waals surface area contributed by atoms with Crippen LogP contribution >= 0.6 is 22.7 Å². The zero-order valence-corrected chi connectivity index (χ0v) is 19.7. The van der Waals surface area contributed by atoms with E-state index in [0.29, 0.717) is 21.3 Å². The maximum Gasteiger partial charge on any atom is 0.348 e. The van der Waals surface area contributed by atoms with Gasteiger partial charge in [0, 0.05) is 17.1 Å². The van der Waals surface area contributed by atoms with Crippen LogP contribution in [0.5, 0.6) is 0 Å². The molecule has 2 heterocycles. The Labute approximate surface area is 198 Å². The highest BCUT2D eigenvalue weighted by atomic mass is 32.1. The van der Waals surface area contributed by atoms with Crippen molar-refractivity contribution in [3.63, 3.8) is 0 Å². The Morgan fingerprint density at radius 2 is 1.85 bits per heavy atom. The van der Waals surface area contributed by atoms with Gasteiger partial charge in [-0.3, -0.25) is 0 Å². The number of hydrogen-bond acceptors (Lipinski definition) is 9. The van der Waals surface area contributed by atoms with Crippen LogP contribution in [0.3, 0.4) is 0 Å². The zero-order valence-electron chi connectivity index (χ0n) is 18.1. The molecule has 0 aliphatic carbocycles. The number of benzene rings is 1. The van der Waals surface area contributed by atoms with Crippen molar-refractivity contribution in [2.75, 3.05) is 18.5 Å². The monoisotopic (exact) mass is 485 g/mol. The number of allylic oxidation sites excluding steroid dienone is 1. The third kappa shape index (κ3) is 5.45. The molecule has 0 fully saturated rings. The van der Waals surface area contributed by atoms with Crippen LogP contribution in [0.25, 0.3) is 16.8 Å². The summed E-state index contributed by atoms with van der Waals surface area (Å²) in [6, 6.07) is 7.99. The highest BCUT2D eigenvalue weighted by Gasteiger charge is 2.26. The number of rotatable bonds is 8. The number of anilines is 1. The first-order valence-electron chi connectivity index (χ1n) is 9.95. The number of thiazole rings is 1. The van der Waals surface area contributed by atoms with E-state index in [1.807, 2.05) is 0 Å². The second-order valence-electron chi connectivity index (χ2n) is 6.56. The van der Waals surface area contributed by atoms with Gasteiger partial charge in [0.05, 0.1) is 24.5 Å². The van der Waals surface area contributed by atoms with Crippen LogP contribution in [0.1, 0.15) is 44.4 Å². The van der Waals surface area contributed by atoms with Gasteiger partial charge in [-0.05, 0) is 50.6 Å². The quantitative estimate of drug-likeness (QED) is 0.325. The third-order valence-corrected chi connectivity index (χ3v) is 6.51. The summed E-state index contributed by atoms with van der Waals surface area (Å²) in [6.07, 6.45) is 1.43. The van der Waals surface area contributed by atoms with Crippen molar-refractivity contribution in [1.29, 1.82) is 5.26 Å². The molecule has 0 saturated carbocycles. The number of carbonyl (C=O) groups excluding carboxylic acids is 2. The minimum atomic E-state index is -0.580. The molecule has 0 saturated heterocycles. The average molecular weight is 486 g/mol. The summed E-state index contributed by atoms with van der Waals surface area (Å²) in [7, 11) is 0. The summed E-state index contributed by atoms with van der Waals surface area (Å²) >= 11 is 2.30. The van der Waals surface area contributed by atoms with Crippen LogP contribution < -0.4 is 5.32 Å². The summed E-state index contributed by atoms with van der Waals surface area (Å²) in [5.74, 6) is -1.46. The van der Waals surface area contributed by atoms with Gasteiger partial charge in [-0.2, -0.15) is 5.26 Å². The van der Waals surface area contributed by atoms with Crippen LogP contribution in [0.4, 0.5) is 9.39 Å². The molecule has 33 heavy (non-hydrogen) atoms. The number of thiophene rings is 1. The van der Waals surface area contributed by atoms with Gasteiger partial charge >= 0.3 is 11.9 Å². The number of ether oxygens (including phenoxy) is 2. The number of aromatic nitrogens is 1. The number of hydrogen-bond donors (Lipinski definition) is 1. The van der Waals surface area contributed by atoms with E-state index >= 15 is 0 Å². The Morgan fingerprint density at radius 1 is 1.18 bits per heavy atom. The number of esters is 2. The summed E-state index contributed by atoms with van der Waals surface area (Å²) in [6.45, 7) is 5.40. The Hall–Kier alpha value is -3.55. The average Bonchev–Trinajstić information content (AvgIpc) is 3.40. The normalized spacial score (nSPS) is 11.1. The smallest absolute Gasteiger partial charge is 0.348 e. The fourth-order valence-electron chi connectivity index (χ4n) is 2.89. The van der Waals surface area contributed by atoms with E-state index in [4.69, 9.17) is 9.47 Å². The van der Waals surface area contributed by atoms with E-state index in [1.165, 1.54) is 29.7 Å². The molecule has 0 atom stereocenters. The van der Waals surface area contributed by atoms with Crippen LogP contribution in [0, 0.1) is 24.1 Å². The Morgan fingerprint density at radius 3 is 2.48 bits per heavy atom. The van der Waals surface area contributed by atoms with Gasteiger partial charge in [-0.25, -0.2) is 19.0 Å². The molecule has 170 valence electrons. The lowest BCUT2D eigenvalue weighted by atomic mass is 10.1. The predicted molar refractivity (Wildman–Crippen MR) is 126 cm³/mol. The zero-order chi connectivity index (χ0) is 24.0. The first kappa shape index (κ1) is 24.1. The Bertz CT molecular complexity index is 1240. The van der Waals surface area contributed by atoms with E-state index in [1.54, 1.807) is 38.3 Å². The lowest BCUT2D eigenvalue weighted by Crippen LogP contribution is -2.09. The number of nitrogens with one attached hydrogen (secondary N) is 1. The van der Waals surface area contributed by atoms with Crippen LogP contribution in [0.15, 0.2) is 35.8 Å². The molecule has 0 amide bonds. The van der Waals surface area contributed by atoms with Gasteiger partial charge < -0.3 is 14.8 Å². The summed E-state index contributed by atoms with van der Waals surface area (Å²) < 4.78 is 23.4. The molecule has 10 heteroatoms. The number of carbonyl (C=O) groups is 2. The van der Waals surface area contributed by atoms with Gasteiger partial charge in [-0.15, -0.1) is 22.7 Å². The van der Waals surface area contributed by atoms with E-state index in [9.17, 15) is 19.2 Å². The van der Waals surface area contributed by atoms with Gasteiger partial charge in [0.1, 0.15) is 32.3 Å². The van der Waals surface area contributed by atoms with Crippen molar-refractivity contribution in [2.45, 2.75) is 20.8 Å². The third-order valence-electron chi connectivity index (χ3n) is 4.43. The Balaban J connectivity index is 1.93. The molecule has 3 aromatic rings. The van der Waals surface area contributed by atoms with Crippen molar-refractivity contribution in [3.05, 3.63) is 62.7 Å². The topological polar surface area (TPSA) is 101 Å². The number of nitrogens with zero attached hydrogens (tertiary/aromatic N) is 2. The number of nitriles is 1.